The third-order valence-corrected chi connectivity index (χ3v) is 3.73. The number of ether oxygens (including phenoxy) is 1. The molecule has 0 atom stereocenters. The number of hydrogen-bond donors (Lipinski definition) is 2. The van der Waals surface area contributed by atoms with Gasteiger partial charge >= 0.3 is 0 Å². The highest BCUT2D eigenvalue weighted by atomic mass is 79.9. The predicted molar refractivity (Wildman–Crippen MR) is 80.2 cm³/mol. The van der Waals surface area contributed by atoms with Crippen LogP contribution in [0.25, 0.3) is 0 Å². The van der Waals surface area contributed by atoms with Gasteiger partial charge in [0.15, 0.2) is 0 Å². The standard InChI is InChI=1S/C13H17BrN2O2.ClH/c14-11-3-1-10(2-4-11)9-16-12(17)13(15)5-7-18-8-6-13;/h1-4H,5-9,15H2,(H,16,17);1H. The van der Waals surface area contributed by atoms with Gasteiger partial charge < -0.3 is 15.8 Å². The molecular weight excluding hydrogens is 332 g/mol. The van der Waals surface area contributed by atoms with Gasteiger partial charge in [0.25, 0.3) is 0 Å². The van der Waals surface area contributed by atoms with E-state index in [-0.39, 0.29) is 18.3 Å². The molecule has 0 unspecified atom stereocenters. The van der Waals surface area contributed by atoms with Crippen molar-refractivity contribution >= 4 is 34.2 Å². The summed E-state index contributed by atoms with van der Waals surface area (Å²) in [5.74, 6) is -0.0891. The van der Waals surface area contributed by atoms with Crippen molar-refractivity contribution in [3.05, 3.63) is 34.3 Å². The molecule has 1 saturated heterocycles. The van der Waals surface area contributed by atoms with Crippen LogP contribution in [0.3, 0.4) is 0 Å². The molecule has 0 aromatic heterocycles. The Balaban J connectivity index is 0.00000180. The van der Waals surface area contributed by atoms with E-state index in [1.165, 1.54) is 0 Å². The summed E-state index contributed by atoms with van der Waals surface area (Å²) in [4.78, 5) is 12.1. The van der Waals surface area contributed by atoms with Crippen LogP contribution in [0.15, 0.2) is 28.7 Å². The fourth-order valence-corrected chi connectivity index (χ4v) is 2.19. The van der Waals surface area contributed by atoms with Crippen LogP contribution in [-0.4, -0.2) is 24.7 Å². The second kappa shape index (κ2) is 7.24. The molecule has 106 valence electrons. The Morgan fingerprint density at radius 2 is 1.89 bits per heavy atom. The van der Waals surface area contributed by atoms with Crippen LogP contribution >= 0.6 is 28.3 Å². The van der Waals surface area contributed by atoms with E-state index in [9.17, 15) is 4.79 Å². The fraction of sp³-hybridized carbons (Fsp3) is 0.462. The maximum atomic E-state index is 12.1. The summed E-state index contributed by atoms with van der Waals surface area (Å²) >= 11 is 3.38. The minimum absolute atomic E-state index is 0. The van der Waals surface area contributed by atoms with Gasteiger partial charge in [-0.05, 0) is 30.5 Å². The van der Waals surface area contributed by atoms with Crippen molar-refractivity contribution in [1.82, 2.24) is 5.32 Å². The zero-order valence-electron chi connectivity index (χ0n) is 10.5. The first kappa shape index (κ1) is 16.4. The molecule has 1 aromatic rings. The number of benzene rings is 1. The van der Waals surface area contributed by atoms with Crippen molar-refractivity contribution in [1.29, 1.82) is 0 Å². The Labute approximate surface area is 127 Å². The lowest BCUT2D eigenvalue weighted by Crippen LogP contribution is -2.56. The average Bonchev–Trinajstić information content (AvgIpc) is 2.38. The van der Waals surface area contributed by atoms with Crippen molar-refractivity contribution in [2.75, 3.05) is 13.2 Å². The average molecular weight is 350 g/mol. The maximum Gasteiger partial charge on any atom is 0.240 e. The van der Waals surface area contributed by atoms with Crippen LogP contribution in [-0.2, 0) is 16.1 Å². The van der Waals surface area contributed by atoms with E-state index in [4.69, 9.17) is 10.5 Å². The molecule has 1 heterocycles. The first-order chi connectivity index (χ1) is 8.60. The van der Waals surface area contributed by atoms with Crippen molar-refractivity contribution in [3.63, 3.8) is 0 Å². The highest BCUT2D eigenvalue weighted by Crippen LogP contribution is 2.18. The minimum Gasteiger partial charge on any atom is -0.381 e. The summed E-state index contributed by atoms with van der Waals surface area (Å²) < 4.78 is 6.25. The molecule has 1 amide bonds. The van der Waals surface area contributed by atoms with E-state index < -0.39 is 5.54 Å². The summed E-state index contributed by atoms with van der Waals surface area (Å²) in [6.07, 6.45) is 1.17. The molecule has 1 aromatic carbocycles. The molecule has 2 rings (SSSR count). The van der Waals surface area contributed by atoms with E-state index >= 15 is 0 Å². The van der Waals surface area contributed by atoms with Crippen molar-refractivity contribution < 1.29 is 9.53 Å². The number of carbonyl (C=O) groups is 1. The number of nitrogens with one attached hydrogen (secondary N) is 1. The number of carbonyl (C=O) groups excluding carboxylic acids is 1. The highest BCUT2D eigenvalue weighted by Gasteiger charge is 2.35. The van der Waals surface area contributed by atoms with E-state index in [0.29, 0.717) is 32.6 Å². The smallest absolute Gasteiger partial charge is 0.240 e. The number of hydrogen-bond acceptors (Lipinski definition) is 3. The summed E-state index contributed by atoms with van der Waals surface area (Å²) in [6.45, 7) is 1.62. The fourth-order valence-electron chi connectivity index (χ4n) is 1.92. The molecule has 19 heavy (non-hydrogen) atoms. The minimum atomic E-state index is -0.770. The molecule has 0 saturated carbocycles. The van der Waals surface area contributed by atoms with Gasteiger partial charge in [0, 0.05) is 24.2 Å². The Morgan fingerprint density at radius 1 is 1.32 bits per heavy atom. The summed E-state index contributed by atoms with van der Waals surface area (Å²) in [5, 5.41) is 2.89. The summed E-state index contributed by atoms with van der Waals surface area (Å²) in [7, 11) is 0. The van der Waals surface area contributed by atoms with Crippen LogP contribution in [0.1, 0.15) is 18.4 Å². The quantitative estimate of drug-likeness (QED) is 0.877. The third-order valence-electron chi connectivity index (χ3n) is 3.20. The number of nitrogens with two attached hydrogens (primary N) is 1. The highest BCUT2D eigenvalue weighted by molar-refractivity contribution is 9.10. The SMILES string of the molecule is Cl.NC1(C(=O)NCc2ccc(Br)cc2)CCOCC1. The van der Waals surface area contributed by atoms with Gasteiger partial charge in [0.1, 0.15) is 0 Å². The zero-order chi connectivity index (χ0) is 13.0. The Hall–Kier alpha value is -0.620. The van der Waals surface area contributed by atoms with Gasteiger partial charge in [-0.15, -0.1) is 12.4 Å². The van der Waals surface area contributed by atoms with Crippen molar-refractivity contribution in [2.24, 2.45) is 5.73 Å². The van der Waals surface area contributed by atoms with Gasteiger partial charge in [-0.25, -0.2) is 0 Å². The lowest BCUT2D eigenvalue weighted by atomic mass is 9.90. The molecular formula is C13H18BrClN2O2. The van der Waals surface area contributed by atoms with Crippen LogP contribution in [0.5, 0.6) is 0 Å². The lowest BCUT2D eigenvalue weighted by Gasteiger charge is -2.31. The van der Waals surface area contributed by atoms with Gasteiger partial charge in [0.2, 0.25) is 5.91 Å². The normalized spacial score (nSPS) is 17.4. The topological polar surface area (TPSA) is 64.4 Å². The van der Waals surface area contributed by atoms with Gasteiger partial charge in [-0.1, -0.05) is 28.1 Å². The molecule has 1 aliphatic rings. The zero-order valence-corrected chi connectivity index (χ0v) is 12.9. The Bertz CT molecular complexity index is 419. The second-order valence-corrected chi connectivity index (χ2v) is 5.49. The molecule has 0 spiro atoms. The van der Waals surface area contributed by atoms with E-state index in [1.54, 1.807) is 0 Å². The Kier molecular flexibility index (Phi) is 6.26. The molecule has 3 N–H and O–H groups in total. The molecule has 6 heteroatoms. The summed E-state index contributed by atoms with van der Waals surface area (Å²) in [6, 6.07) is 7.84. The second-order valence-electron chi connectivity index (χ2n) is 4.58. The monoisotopic (exact) mass is 348 g/mol. The Morgan fingerprint density at radius 3 is 2.47 bits per heavy atom. The molecule has 1 fully saturated rings. The van der Waals surface area contributed by atoms with Gasteiger partial charge in [-0.2, -0.15) is 0 Å². The predicted octanol–water partition coefficient (Wildman–Crippen LogP) is 1.99. The molecule has 0 radical (unpaired) electrons. The number of halogens is 2. The van der Waals surface area contributed by atoms with E-state index in [2.05, 4.69) is 21.2 Å². The van der Waals surface area contributed by atoms with Crippen LogP contribution in [0.4, 0.5) is 0 Å². The molecule has 1 aliphatic heterocycles. The van der Waals surface area contributed by atoms with E-state index in [0.717, 1.165) is 10.0 Å². The molecule has 0 aliphatic carbocycles. The van der Waals surface area contributed by atoms with Crippen molar-refractivity contribution in [2.45, 2.75) is 24.9 Å². The van der Waals surface area contributed by atoms with Crippen LogP contribution in [0, 0.1) is 0 Å². The van der Waals surface area contributed by atoms with Gasteiger partial charge in [0.05, 0.1) is 5.54 Å². The number of amides is 1. The lowest BCUT2D eigenvalue weighted by molar-refractivity contribution is -0.129. The molecule has 4 nitrogen and oxygen atoms in total. The van der Waals surface area contributed by atoms with Crippen molar-refractivity contribution in [3.8, 4) is 0 Å². The summed E-state index contributed by atoms with van der Waals surface area (Å²) in [5.41, 5.74) is 6.38. The first-order valence-corrected chi connectivity index (χ1v) is 6.79. The van der Waals surface area contributed by atoms with Gasteiger partial charge in [-0.3, -0.25) is 4.79 Å². The maximum absolute atomic E-state index is 12.1. The third kappa shape index (κ3) is 4.45. The van der Waals surface area contributed by atoms with Crippen LogP contribution in [0.2, 0.25) is 0 Å². The molecule has 0 bridgehead atoms. The van der Waals surface area contributed by atoms with E-state index in [1.807, 2.05) is 24.3 Å². The first-order valence-electron chi connectivity index (χ1n) is 5.99. The largest absolute Gasteiger partial charge is 0.381 e. The van der Waals surface area contributed by atoms with Crippen LogP contribution < -0.4 is 11.1 Å². The number of rotatable bonds is 3.